The van der Waals surface area contributed by atoms with E-state index in [2.05, 4.69) is 10.2 Å². The van der Waals surface area contributed by atoms with Crippen molar-refractivity contribution in [3.63, 3.8) is 0 Å². The van der Waals surface area contributed by atoms with E-state index in [-0.39, 0.29) is 24.4 Å². The number of rotatable bonds is 3. The summed E-state index contributed by atoms with van der Waals surface area (Å²) in [4.78, 5) is 15.9. The lowest BCUT2D eigenvalue weighted by atomic mass is 10.0. The summed E-state index contributed by atoms with van der Waals surface area (Å²) in [6.07, 6.45) is 4.64. The normalized spacial score (nSPS) is 17.9. The molecule has 22 heavy (non-hydrogen) atoms. The van der Waals surface area contributed by atoms with Crippen LogP contribution >= 0.6 is 12.4 Å². The minimum absolute atomic E-state index is 0. The van der Waals surface area contributed by atoms with Crippen molar-refractivity contribution in [2.75, 3.05) is 13.1 Å². The number of nitrogens with zero attached hydrogens (tertiary/aromatic N) is 4. The van der Waals surface area contributed by atoms with Crippen LogP contribution in [0.3, 0.4) is 0 Å². The van der Waals surface area contributed by atoms with Gasteiger partial charge in [-0.3, -0.25) is 4.79 Å². The second-order valence-electron chi connectivity index (χ2n) is 5.24. The zero-order valence-corrected chi connectivity index (χ0v) is 13.1. The van der Waals surface area contributed by atoms with Crippen LogP contribution in [-0.2, 0) is 0 Å². The largest absolute Gasteiger partial charge is 0.333 e. The molecule has 1 amide bonds. The molecule has 1 aromatic carbocycles. The summed E-state index contributed by atoms with van der Waals surface area (Å²) in [7, 11) is 0. The molecule has 118 valence electrons. The van der Waals surface area contributed by atoms with Crippen LogP contribution in [0.2, 0.25) is 0 Å². The molecular formula is C15H20ClN5O. The first-order valence-electron chi connectivity index (χ1n) is 7.28. The van der Waals surface area contributed by atoms with Gasteiger partial charge in [0.2, 0.25) is 0 Å². The lowest BCUT2D eigenvalue weighted by molar-refractivity contribution is 0.0617. The Balaban J connectivity index is 0.00000176. The summed E-state index contributed by atoms with van der Waals surface area (Å²) < 4.78 is 0. The van der Waals surface area contributed by atoms with E-state index in [9.17, 15) is 4.79 Å². The van der Waals surface area contributed by atoms with Gasteiger partial charge < -0.3 is 10.6 Å². The Labute approximate surface area is 135 Å². The topological polar surface area (TPSA) is 77.0 Å². The van der Waals surface area contributed by atoms with Gasteiger partial charge in [-0.15, -0.1) is 17.5 Å². The minimum Gasteiger partial charge on any atom is -0.333 e. The van der Waals surface area contributed by atoms with Crippen molar-refractivity contribution in [1.29, 1.82) is 0 Å². The predicted molar refractivity (Wildman–Crippen MR) is 86.3 cm³/mol. The number of piperidine rings is 1. The van der Waals surface area contributed by atoms with E-state index in [0.717, 1.165) is 31.5 Å². The Morgan fingerprint density at radius 1 is 1.27 bits per heavy atom. The lowest BCUT2D eigenvalue weighted by Crippen LogP contribution is -2.47. The van der Waals surface area contributed by atoms with Gasteiger partial charge in [-0.1, -0.05) is 18.2 Å². The van der Waals surface area contributed by atoms with Gasteiger partial charge in [0.25, 0.3) is 5.91 Å². The number of likely N-dealkylation sites (tertiary alicyclic amines) is 1. The van der Waals surface area contributed by atoms with E-state index in [1.807, 2.05) is 35.2 Å². The quantitative estimate of drug-likeness (QED) is 0.932. The Bertz CT molecular complexity index is 615. The van der Waals surface area contributed by atoms with Crippen molar-refractivity contribution in [1.82, 2.24) is 19.9 Å². The van der Waals surface area contributed by atoms with Crippen LogP contribution in [0, 0.1) is 0 Å². The molecule has 1 atom stereocenters. The molecule has 0 saturated carbocycles. The Morgan fingerprint density at radius 3 is 2.77 bits per heavy atom. The Morgan fingerprint density at radius 2 is 2.05 bits per heavy atom. The average Bonchev–Trinajstić information content (AvgIpc) is 3.05. The molecular weight excluding hydrogens is 302 g/mol. The van der Waals surface area contributed by atoms with Gasteiger partial charge in [-0.05, 0) is 31.4 Å². The van der Waals surface area contributed by atoms with Crippen LogP contribution < -0.4 is 5.73 Å². The lowest BCUT2D eigenvalue weighted by Gasteiger charge is -2.34. The van der Waals surface area contributed by atoms with E-state index >= 15 is 0 Å². The summed E-state index contributed by atoms with van der Waals surface area (Å²) >= 11 is 0. The molecule has 7 heteroatoms. The summed E-state index contributed by atoms with van der Waals surface area (Å²) in [5.41, 5.74) is 6.98. The van der Waals surface area contributed by atoms with Crippen LogP contribution in [0.25, 0.3) is 5.69 Å². The zero-order valence-electron chi connectivity index (χ0n) is 12.3. The number of hydrogen-bond acceptors (Lipinski definition) is 4. The average molecular weight is 322 g/mol. The number of carbonyl (C=O) groups excluding carboxylic acids is 1. The molecule has 0 radical (unpaired) electrons. The van der Waals surface area contributed by atoms with Crippen LogP contribution in [0.15, 0.2) is 36.5 Å². The first-order chi connectivity index (χ1) is 10.3. The number of amides is 1. The van der Waals surface area contributed by atoms with Gasteiger partial charge in [0, 0.05) is 19.1 Å². The fourth-order valence-electron chi connectivity index (χ4n) is 2.71. The molecule has 6 nitrogen and oxygen atoms in total. The summed E-state index contributed by atoms with van der Waals surface area (Å²) in [5.74, 6) is -0.0765. The highest BCUT2D eigenvalue weighted by Crippen LogP contribution is 2.18. The molecule has 1 saturated heterocycles. The van der Waals surface area contributed by atoms with Gasteiger partial charge in [-0.2, -0.15) is 9.90 Å². The molecule has 2 N–H and O–H groups in total. The van der Waals surface area contributed by atoms with Crippen molar-refractivity contribution >= 4 is 18.3 Å². The van der Waals surface area contributed by atoms with Crippen molar-refractivity contribution in [3.8, 4) is 5.69 Å². The summed E-state index contributed by atoms with van der Waals surface area (Å²) in [6, 6.07) is 9.67. The zero-order chi connectivity index (χ0) is 14.7. The van der Waals surface area contributed by atoms with Gasteiger partial charge >= 0.3 is 0 Å². The first kappa shape index (κ1) is 16.5. The Kier molecular flexibility index (Phi) is 5.51. The number of aromatic nitrogens is 3. The van der Waals surface area contributed by atoms with Gasteiger partial charge in [0.1, 0.15) is 0 Å². The third-order valence-corrected chi connectivity index (χ3v) is 3.86. The standard InChI is InChI=1S/C15H19N5O.ClH/c16-10-13-8-4-5-9-19(13)15(21)14-11-17-20(18-14)12-6-2-1-3-7-12;/h1-3,6-7,11,13H,4-5,8-10,16H2;1H. The van der Waals surface area contributed by atoms with Crippen molar-refractivity contribution in [2.24, 2.45) is 5.73 Å². The fourth-order valence-corrected chi connectivity index (χ4v) is 2.71. The van der Waals surface area contributed by atoms with E-state index < -0.39 is 0 Å². The number of para-hydroxylation sites is 1. The molecule has 0 bridgehead atoms. The fraction of sp³-hybridized carbons (Fsp3) is 0.400. The molecule has 0 spiro atoms. The molecule has 1 aliphatic heterocycles. The maximum Gasteiger partial charge on any atom is 0.276 e. The summed E-state index contributed by atoms with van der Waals surface area (Å²) in [6.45, 7) is 1.25. The number of hydrogen-bond donors (Lipinski definition) is 1. The molecule has 1 aliphatic rings. The smallest absolute Gasteiger partial charge is 0.276 e. The number of halogens is 1. The Hall–Kier alpha value is -1.92. The van der Waals surface area contributed by atoms with Crippen LogP contribution in [-0.4, -0.2) is 44.9 Å². The van der Waals surface area contributed by atoms with E-state index in [0.29, 0.717) is 12.2 Å². The second-order valence-corrected chi connectivity index (χ2v) is 5.24. The number of nitrogens with two attached hydrogens (primary N) is 1. The molecule has 2 heterocycles. The van der Waals surface area contributed by atoms with Crippen LogP contribution in [0.1, 0.15) is 29.8 Å². The third-order valence-electron chi connectivity index (χ3n) is 3.86. The molecule has 1 fully saturated rings. The van der Waals surface area contributed by atoms with Gasteiger partial charge in [0.05, 0.1) is 11.9 Å². The highest BCUT2D eigenvalue weighted by Gasteiger charge is 2.28. The van der Waals surface area contributed by atoms with Crippen molar-refractivity contribution < 1.29 is 4.79 Å². The van der Waals surface area contributed by atoms with Crippen molar-refractivity contribution in [2.45, 2.75) is 25.3 Å². The highest BCUT2D eigenvalue weighted by molar-refractivity contribution is 5.92. The maximum absolute atomic E-state index is 12.6. The monoisotopic (exact) mass is 321 g/mol. The molecule has 0 aliphatic carbocycles. The van der Waals surface area contributed by atoms with E-state index in [1.165, 1.54) is 11.0 Å². The molecule has 1 unspecified atom stereocenters. The number of benzene rings is 1. The predicted octanol–water partition coefficient (Wildman–Crippen LogP) is 1.64. The van der Waals surface area contributed by atoms with Gasteiger partial charge in [-0.25, -0.2) is 0 Å². The van der Waals surface area contributed by atoms with E-state index in [1.54, 1.807) is 0 Å². The van der Waals surface area contributed by atoms with Crippen molar-refractivity contribution in [3.05, 3.63) is 42.2 Å². The second kappa shape index (κ2) is 7.38. The van der Waals surface area contributed by atoms with E-state index in [4.69, 9.17) is 5.73 Å². The van der Waals surface area contributed by atoms with Crippen LogP contribution in [0.4, 0.5) is 0 Å². The first-order valence-corrected chi connectivity index (χ1v) is 7.28. The third kappa shape index (κ3) is 3.28. The van der Waals surface area contributed by atoms with Crippen LogP contribution in [0.5, 0.6) is 0 Å². The summed E-state index contributed by atoms with van der Waals surface area (Å²) in [5, 5.41) is 8.48. The molecule has 1 aromatic heterocycles. The molecule has 2 aromatic rings. The number of carbonyl (C=O) groups is 1. The SMILES string of the molecule is Cl.NCC1CCCCN1C(=O)c1cnn(-c2ccccc2)n1. The highest BCUT2D eigenvalue weighted by atomic mass is 35.5. The minimum atomic E-state index is -0.0765. The maximum atomic E-state index is 12.6. The molecule has 3 rings (SSSR count). The van der Waals surface area contributed by atoms with Gasteiger partial charge in [0.15, 0.2) is 5.69 Å².